The normalized spacial score (nSPS) is 27.5. The maximum absolute atomic E-state index is 14.8. The molecule has 0 saturated carbocycles. The molecule has 2 heterocycles. The average molecular weight is 425 g/mol. The number of ether oxygens (including phenoxy) is 1. The molecule has 0 aliphatic carbocycles. The predicted molar refractivity (Wildman–Crippen MR) is 110 cm³/mol. The number of rotatable bonds is 6. The van der Waals surface area contributed by atoms with Crippen molar-refractivity contribution in [1.82, 2.24) is 4.90 Å². The van der Waals surface area contributed by atoms with Crippen LogP contribution in [0.15, 0.2) is 54.6 Å². The molecule has 4 rings (SSSR count). The fraction of sp³-hybridized carbons (Fsp3) is 0.375. The van der Waals surface area contributed by atoms with Gasteiger partial charge in [-0.25, -0.2) is 9.18 Å². The minimum atomic E-state index is -1.36. The highest BCUT2D eigenvalue weighted by atomic mass is 19.1. The van der Waals surface area contributed by atoms with Gasteiger partial charge in [-0.1, -0.05) is 48.5 Å². The SMILES string of the molecule is CCOC(=O)[C@]1(Cc2ccccc2)[NH2+][C@@H](c2ccccc2F)[C@H]2C(=O)N(CC)C(=O)[C@H]21. The van der Waals surface area contributed by atoms with Crippen molar-refractivity contribution < 1.29 is 28.8 Å². The number of halogens is 1. The fourth-order valence-corrected chi connectivity index (χ4v) is 5.16. The van der Waals surface area contributed by atoms with Crippen molar-refractivity contribution in [1.29, 1.82) is 0 Å². The molecule has 4 atom stereocenters. The Bertz CT molecular complexity index is 1010. The van der Waals surface area contributed by atoms with Gasteiger partial charge < -0.3 is 10.1 Å². The van der Waals surface area contributed by atoms with Gasteiger partial charge >= 0.3 is 5.97 Å². The summed E-state index contributed by atoms with van der Waals surface area (Å²) in [5.74, 6) is -3.53. The molecule has 2 fully saturated rings. The van der Waals surface area contributed by atoms with Gasteiger partial charge in [0.05, 0.1) is 6.61 Å². The van der Waals surface area contributed by atoms with Crippen LogP contribution in [0, 0.1) is 17.7 Å². The Morgan fingerprint density at radius 2 is 1.74 bits per heavy atom. The van der Waals surface area contributed by atoms with Crippen molar-refractivity contribution >= 4 is 17.8 Å². The van der Waals surface area contributed by atoms with Crippen LogP contribution in [-0.4, -0.2) is 41.4 Å². The molecule has 31 heavy (non-hydrogen) atoms. The molecule has 2 aliphatic rings. The van der Waals surface area contributed by atoms with Crippen molar-refractivity contribution in [3.8, 4) is 0 Å². The van der Waals surface area contributed by atoms with Gasteiger partial charge in [0.1, 0.15) is 23.7 Å². The first kappa shape index (κ1) is 21.2. The molecule has 0 bridgehead atoms. The number of nitrogens with two attached hydrogens (primary N) is 1. The minimum absolute atomic E-state index is 0.143. The Balaban J connectivity index is 1.89. The summed E-state index contributed by atoms with van der Waals surface area (Å²) in [6, 6.07) is 14.8. The molecule has 7 heteroatoms. The van der Waals surface area contributed by atoms with E-state index in [0.29, 0.717) is 5.56 Å². The molecular formula is C24H26FN2O4+. The van der Waals surface area contributed by atoms with Crippen molar-refractivity contribution in [2.24, 2.45) is 11.8 Å². The fourth-order valence-electron chi connectivity index (χ4n) is 5.16. The molecular weight excluding hydrogens is 399 g/mol. The van der Waals surface area contributed by atoms with E-state index in [9.17, 15) is 18.8 Å². The number of amides is 2. The lowest BCUT2D eigenvalue weighted by molar-refractivity contribution is -0.734. The molecule has 0 aromatic heterocycles. The zero-order valence-corrected chi connectivity index (χ0v) is 17.6. The molecule has 2 amide bonds. The molecule has 0 spiro atoms. The van der Waals surface area contributed by atoms with Crippen LogP contribution >= 0.6 is 0 Å². The number of quaternary nitrogens is 1. The van der Waals surface area contributed by atoms with Crippen LogP contribution < -0.4 is 5.32 Å². The summed E-state index contributed by atoms with van der Waals surface area (Å²) in [4.78, 5) is 41.2. The summed E-state index contributed by atoms with van der Waals surface area (Å²) in [7, 11) is 0. The van der Waals surface area contributed by atoms with Gasteiger partial charge in [0.15, 0.2) is 0 Å². The predicted octanol–water partition coefficient (Wildman–Crippen LogP) is 1.61. The number of imide groups is 1. The van der Waals surface area contributed by atoms with E-state index in [1.807, 2.05) is 30.3 Å². The van der Waals surface area contributed by atoms with E-state index in [1.165, 1.54) is 11.0 Å². The number of esters is 1. The van der Waals surface area contributed by atoms with Gasteiger partial charge in [-0.3, -0.25) is 14.5 Å². The van der Waals surface area contributed by atoms with Gasteiger partial charge in [-0.2, -0.15) is 0 Å². The van der Waals surface area contributed by atoms with E-state index in [-0.39, 0.29) is 25.5 Å². The first-order chi connectivity index (χ1) is 14.9. The first-order valence-corrected chi connectivity index (χ1v) is 10.6. The Hall–Kier alpha value is -3.06. The van der Waals surface area contributed by atoms with Crippen LogP contribution in [0.4, 0.5) is 4.39 Å². The second-order valence-corrected chi connectivity index (χ2v) is 8.06. The zero-order valence-electron chi connectivity index (χ0n) is 17.6. The number of likely N-dealkylation sites (tertiary alicyclic amines) is 1. The molecule has 162 valence electrons. The second kappa shape index (κ2) is 8.23. The Morgan fingerprint density at radius 1 is 1.06 bits per heavy atom. The summed E-state index contributed by atoms with van der Waals surface area (Å²) in [6.07, 6.45) is 0.204. The molecule has 2 aliphatic heterocycles. The Kier molecular flexibility index (Phi) is 5.62. The number of hydrogen-bond donors (Lipinski definition) is 1. The molecule has 6 nitrogen and oxygen atoms in total. The second-order valence-electron chi connectivity index (χ2n) is 8.06. The lowest BCUT2D eigenvalue weighted by Crippen LogP contribution is -2.98. The van der Waals surface area contributed by atoms with Crippen molar-refractivity contribution in [3.63, 3.8) is 0 Å². The third-order valence-corrected chi connectivity index (χ3v) is 6.44. The number of carbonyl (C=O) groups excluding carboxylic acids is 3. The summed E-state index contributed by atoms with van der Waals surface area (Å²) in [5, 5.41) is 1.70. The number of carbonyl (C=O) groups is 3. The van der Waals surface area contributed by atoms with Gasteiger partial charge in [0, 0.05) is 18.5 Å². The number of fused-ring (bicyclic) bond motifs is 1. The quantitative estimate of drug-likeness (QED) is 0.563. The highest BCUT2D eigenvalue weighted by molar-refractivity contribution is 6.08. The summed E-state index contributed by atoms with van der Waals surface area (Å²) in [5.41, 5.74) is -0.197. The average Bonchev–Trinajstić information content (AvgIpc) is 3.23. The van der Waals surface area contributed by atoms with E-state index < -0.39 is 41.1 Å². The molecule has 0 radical (unpaired) electrons. The van der Waals surface area contributed by atoms with Gasteiger partial charge in [-0.15, -0.1) is 0 Å². The highest BCUT2D eigenvalue weighted by Crippen LogP contribution is 2.46. The molecule has 0 unspecified atom stereocenters. The zero-order chi connectivity index (χ0) is 22.2. The van der Waals surface area contributed by atoms with Crippen molar-refractivity contribution in [3.05, 3.63) is 71.5 Å². The topological polar surface area (TPSA) is 80.3 Å². The first-order valence-electron chi connectivity index (χ1n) is 10.6. The van der Waals surface area contributed by atoms with Crippen LogP contribution in [-0.2, 0) is 25.5 Å². The monoisotopic (exact) mass is 425 g/mol. The Labute approximate surface area is 180 Å². The molecule has 2 aromatic carbocycles. The van der Waals surface area contributed by atoms with E-state index in [4.69, 9.17) is 4.74 Å². The Morgan fingerprint density at radius 3 is 2.39 bits per heavy atom. The van der Waals surface area contributed by atoms with Gasteiger partial charge in [0.2, 0.25) is 17.4 Å². The van der Waals surface area contributed by atoms with E-state index in [1.54, 1.807) is 37.4 Å². The third kappa shape index (κ3) is 3.33. The molecule has 2 saturated heterocycles. The van der Waals surface area contributed by atoms with Crippen LogP contribution in [0.5, 0.6) is 0 Å². The van der Waals surface area contributed by atoms with E-state index >= 15 is 0 Å². The molecule has 2 aromatic rings. The summed E-state index contributed by atoms with van der Waals surface area (Å²) in [6.45, 7) is 3.78. The van der Waals surface area contributed by atoms with Gasteiger partial charge in [-0.05, 0) is 25.5 Å². The van der Waals surface area contributed by atoms with Crippen LogP contribution in [0.2, 0.25) is 0 Å². The highest BCUT2D eigenvalue weighted by Gasteiger charge is 2.72. The standard InChI is InChI=1S/C24H25FN2O4/c1-3-27-21(28)18-19(22(27)29)24(23(30)31-4-2,14-15-10-6-5-7-11-15)26-20(18)16-12-8-9-13-17(16)25/h5-13,18-20,26H,3-4,14H2,1-2H3/p+1/t18-,19-,20-,24+/m0/s1. The maximum atomic E-state index is 14.8. The summed E-state index contributed by atoms with van der Waals surface area (Å²) >= 11 is 0. The summed E-state index contributed by atoms with van der Waals surface area (Å²) < 4.78 is 20.2. The maximum Gasteiger partial charge on any atom is 0.369 e. The lowest BCUT2D eigenvalue weighted by Gasteiger charge is -2.29. The van der Waals surface area contributed by atoms with E-state index in [0.717, 1.165) is 5.56 Å². The van der Waals surface area contributed by atoms with Crippen molar-refractivity contribution in [2.45, 2.75) is 31.8 Å². The number of nitrogens with zero attached hydrogens (tertiary/aromatic N) is 1. The van der Waals surface area contributed by atoms with Crippen molar-refractivity contribution in [2.75, 3.05) is 13.2 Å². The smallest absolute Gasteiger partial charge is 0.369 e. The number of benzene rings is 2. The number of hydrogen-bond acceptors (Lipinski definition) is 4. The van der Waals surface area contributed by atoms with Crippen LogP contribution in [0.3, 0.4) is 0 Å². The molecule has 2 N–H and O–H groups in total. The van der Waals surface area contributed by atoms with Crippen LogP contribution in [0.1, 0.15) is 31.0 Å². The van der Waals surface area contributed by atoms with Gasteiger partial charge in [0.25, 0.3) is 0 Å². The third-order valence-electron chi connectivity index (χ3n) is 6.44. The largest absolute Gasteiger partial charge is 0.461 e. The van der Waals surface area contributed by atoms with E-state index in [2.05, 4.69) is 0 Å². The minimum Gasteiger partial charge on any atom is -0.461 e. The lowest BCUT2D eigenvalue weighted by atomic mass is 9.76. The van der Waals surface area contributed by atoms with Crippen LogP contribution in [0.25, 0.3) is 0 Å².